The first-order chi connectivity index (χ1) is 9.80. The lowest BCUT2D eigenvalue weighted by Gasteiger charge is -2.12. The van der Waals surface area contributed by atoms with E-state index in [0.717, 1.165) is 7.11 Å². The summed E-state index contributed by atoms with van der Waals surface area (Å²) in [6.07, 6.45) is 0. The van der Waals surface area contributed by atoms with Crippen molar-refractivity contribution in [1.29, 1.82) is 5.26 Å². The van der Waals surface area contributed by atoms with E-state index in [1.165, 1.54) is 19.1 Å². The predicted molar refractivity (Wildman–Crippen MR) is 75.1 cm³/mol. The topological polar surface area (TPSA) is 113 Å². The maximum absolute atomic E-state index is 11.9. The lowest BCUT2D eigenvalue weighted by Crippen LogP contribution is -2.36. The molecular weight excluding hydrogens is 296 g/mol. The van der Waals surface area contributed by atoms with Crippen LogP contribution in [0.3, 0.4) is 0 Å². The fourth-order valence-corrected chi connectivity index (χ4v) is 2.50. The third-order valence-electron chi connectivity index (χ3n) is 2.71. The molecule has 112 valence electrons. The van der Waals surface area contributed by atoms with E-state index in [4.69, 9.17) is 5.26 Å². The number of anilines is 1. The minimum atomic E-state index is -3.96. The normalized spacial score (nSPS) is 12.0. The third-order valence-corrected chi connectivity index (χ3v) is 4.64. The van der Waals surface area contributed by atoms with Crippen molar-refractivity contribution >= 4 is 27.4 Å². The van der Waals surface area contributed by atoms with Gasteiger partial charge in [0.1, 0.15) is 11.0 Å². The Bertz CT molecular complexity index is 691. The Morgan fingerprint density at radius 3 is 2.67 bits per heavy atom. The predicted octanol–water partition coefficient (Wildman–Crippen LogP) is 0.473. The number of nitrogens with zero attached hydrogens (tertiary/aromatic N) is 1. The molecule has 1 N–H and O–H groups in total. The molecule has 7 nitrogen and oxygen atoms in total. The molecule has 1 unspecified atom stereocenters. The first kappa shape index (κ1) is 16.7. The summed E-state index contributed by atoms with van der Waals surface area (Å²) < 4.78 is 28.0. The van der Waals surface area contributed by atoms with Gasteiger partial charge in [-0.15, -0.1) is 0 Å². The van der Waals surface area contributed by atoms with Crippen molar-refractivity contribution in [3.8, 4) is 6.07 Å². The second-order valence-electron chi connectivity index (χ2n) is 4.21. The van der Waals surface area contributed by atoms with Crippen molar-refractivity contribution in [1.82, 2.24) is 0 Å². The number of hydrogen-bond acceptors (Lipinski definition) is 6. The van der Waals surface area contributed by atoms with Crippen LogP contribution in [0.5, 0.6) is 0 Å². The van der Waals surface area contributed by atoms with Gasteiger partial charge in [0.25, 0.3) is 0 Å². The zero-order chi connectivity index (χ0) is 16.0. The van der Waals surface area contributed by atoms with Crippen LogP contribution in [0.25, 0.3) is 0 Å². The summed E-state index contributed by atoms with van der Waals surface area (Å²) in [5, 5.41) is 9.73. The Morgan fingerprint density at radius 2 is 2.10 bits per heavy atom. The molecule has 0 radical (unpaired) electrons. The standard InChI is InChI=1S/C13H14N2O5S/c1-9(21(18,19)8-12(16)20-2)13(17)15-11-5-3-4-10(6-11)7-14/h3-6,9H,8H2,1-2H3,(H,15,17). The quantitative estimate of drug-likeness (QED) is 0.791. The van der Waals surface area contributed by atoms with E-state index in [0.29, 0.717) is 11.3 Å². The minimum Gasteiger partial charge on any atom is -0.468 e. The molecule has 0 bridgehead atoms. The second kappa shape index (κ2) is 6.85. The molecule has 1 rings (SSSR count). The molecule has 8 heteroatoms. The highest BCUT2D eigenvalue weighted by atomic mass is 32.2. The third kappa shape index (κ3) is 4.57. The molecule has 0 saturated heterocycles. The van der Waals surface area contributed by atoms with E-state index in [1.807, 2.05) is 6.07 Å². The molecule has 0 heterocycles. The smallest absolute Gasteiger partial charge is 0.320 e. The maximum atomic E-state index is 11.9. The summed E-state index contributed by atoms with van der Waals surface area (Å²) in [6.45, 7) is 1.18. The van der Waals surface area contributed by atoms with E-state index in [-0.39, 0.29) is 0 Å². The molecular formula is C13H14N2O5S. The number of carbonyl (C=O) groups is 2. The van der Waals surface area contributed by atoms with Crippen molar-refractivity contribution in [3.05, 3.63) is 29.8 Å². The largest absolute Gasteiger partial charge is 0.468 e. The van der Waals surface area contributed by atoms with Gasteiger partial charge >= 0.3 is 5.97 Å². The fourth-order valence-electron chi connectivity index (χ4n) is 1.42. The minimum absolute atomic E-state index is 0.305. The van der Waals surface area contributed by atoms with Crippen molar-refractivity contribution in [3.63, 3.8) is 0 Å². The Morgan fingerprint density at radius 1 is 1.43 bits per heavy atom. The SMILES string of the molecule is COC(=O)CS(=O)(=O)C(C)C(=O)Nc1cccc(C#N)c1. The van der Waals surface area contributed by atoms with Crippen LogP contribution < -0.4 is 5.32 Å². The second-order valence-corrected chi connectivity index (χ2v) is 6.53. The molecule has 1 atom stereocenters. The van der Waals surface area contributed by atoms with Crippen molar-refractivity contribution < 1.29 is 22.7 Å². The van der Waals surface area contributed by atoms with E-state index < -0.39 is 32.7 Å². The van der Waals surface area contributed by atoms with E-state index >= 15 is 0 Å². The lowest BCUT2D eigenvalue weighted by atomic mass is 10.2. The van der Waals surface area contributed by atoms with Gasteiger partial charge in [0.2, 0.25) is 5.91 Å². The van der Waals surface area contributed by atoms with Gasteiger partial charge in [-0.2, -0.15) is 5.26 Å². The first-order valence-corrected chi connectivity index (χ1v) is 7.61. The summed E-state index contributed by atoms with van der Waals surface area (Å²) >= 11 is 0. The maximum Gasteiger partial charge on any atom is 0.320 e. The van der Waals surface area contributed by atoms with Gasteiger partial charge in [-0.05, 0) is 25.1 Å². The fraction of sp³-hybridized carbons (Fsp3) is 0.308. The molecule has 0 aromatic heterocycles. The summed E-state index contributed by atoms with van der Waals surface area (Å²) in [7, 11) is -2.89. The van der Waals surface area contributed by atoms with Crippen LogP contribution in [-0.2, 0) is 24.2 Å². The lowest BCUT2D eigenvalue weighted by molar-refractivity contribution is -0.137. The highest BCUT2D eigenvalue weighted by Gasteiger charge is 2.30. The van der Waals surface area contributed by atoms with Gasteiger partial charge in [0, 0.05) is 5.69 Å². The zero-order valence-electron chi connectivity index (χ0n) is 11.5. The number of ether oxygens (including phenoxy) is 1. The number of rotatable bonds is 5. The number of nitriles is 1. The van der Waals surface area contributed by atoms with Crippen LogP contribution >= 0.6 is 0 Å². The Balaban J connectivity index is 2.83. The van der Waals surface area contributed by atoms with Crippen LogP contribution in [0.4, 0.5) is 5.69 Å². The highest BCUT2D eigenvalue weighted by Crippen LogP contribution is 2.12. The van der Waals surface area contributed by atoms with E-state index in [2.05, 4.69) is 10.1 Å². The average molecular weight is 310 g/mol. The van der Waals surface area contributed by atoms with Crippen LogP contribution in [0.2, 0.25) is 0 Å². The Hall–Kier alpha value is -2.40. The van der Waals surface area contributed by atoms with Crippen LogP contribution in [0.1, 0.15) is 12.5 Å². The Kier molecular flexibility index (Phi) is 5.44. The molecule has 0 aliphatic rings. The number of nitrogens with one attached hydrogen (secondary N) is 1. The molecule has 21 heavy (non-hydrogen) atoms. The highest BCUT2D eigenvalue weighted by molar-refractivity contribution is 7.93. The number of methoxy groups -OCH3 is 1. The van der Waals surface area contributed by atoms with Gasteiger partial charge in [0.15, 0.2) is 9.84 Å². The van der Waals surface area contributed by atoms with Gasteiger partial charge < -0.3 is 10.1 Å². The van der Waals surface area contributed by atoms with Gasteiger partial charge in [-0.25, -0.2) is 8.42 Å². The molecule has 0 aliphatic heterocycles. The number of hydrogen-bond donors (Lipinski definition) is 1. The monoisotopic (exact) mass is 310 g/mol. The summed E-state index contributed by atoms with van der Waals surface area (Å²) in [4.78, 5) is 22.9. The van der Waals surface area contributed by atoms with Gasteiger partial charge in [-0.1, -0.05) is 6.07 Å². The summed E-state index contributed by atoms with van der Waals surface area (Å²) in [6, 6.07) is 7.95. The van der Waals surface area contributed by atoms with Crippen molar-refractivity contribution in [2.75, 3.05) is 18.2 Å². The molecule has 1 aromatic rings. The molecule has 0 aliphatic carbocycles. The zero-order valence-corrected chi connectivity index (χ0v) is 12.3. The molecule has 0 spiro atoms. The van der Waals surface area contributed by atoms with Crippen LogP contribution in [-0.4, -0.2) is 38.4 Å². The number of sulfone groups is 1. The van der Waals surface area contributed by atoms with Crippen LogP contribution in [0.15, 0.2) is 24.3 Å². The number of esters is 1. The summed E-state index contributed by atoms with van der Waals surface area (Å²) in [5.41, 5.74) is 0.636. The molecule has 1 amide bonds. The number of benzene rings is 1. The van der Waals surface area contributed by atoms with Gasteiger partial charge in [0.05, 0.1) is 18.7 Å². The van der Waals surface area contributed by atoms with Crippen LogP contribution in [0, 0.1) is 11.3 Å². The molecule has 0 saturated carbocycles. The first-order valence-electron chi connectivity index (χ1n) is 5.89. The average Bonchev–Trinajstić information content (AvgIpc) is 2.45. The van der Waals surface area contributed by atoms with Crippen molar-refractivity contribution in [2.45, 2.75) is 12.2 Å². The Labute approximate surface area is 122 Å². The number of amides is 1. The van der Waals surface area contributed by atoms with E-state index in [9.17, 15) is 18.0 Å². The van der Waals surface area contributed by atoms with E-state index in [1.54, 1.807) is 12.1 Å². The molecule has 1 aromatic carbocycles. The van der Waals surface area contributed by atoms with Crippen molar-refractivity contribution in [2.24, 2.45) is 0 Å². The van der Waals surface area contributed by atoms with Gasteiger partial charge in [-0.3, -0.25) is 9.59 Å². The number of carbonyl (C=O) groups excluding carboxylic acids is 2. The molecule has 0 fully saturated rings. The summed E-state index contributed by atoms with van der Waals surface area (Å²) in [5.74, 6) is -2.58.